The van der Waals surface area contributed by atoms with Crippen molar-refractivity contribution in [2.24, 2.45) is 23.7 Å². The molecular weight excluding hydrogens is 346 g/mol. The normalized spacial score (nSPS) is 38.7. The Kier molecular flexibility index (Phi) is 4.29. The zero-order chi connectivity index (χ0) is 17.7. The summed E-state index contributed by atoms with van der Waals surface area (Å²) >= 11 is 1.42. The van der Waals surface area contributed by atoms with Gasteiger partial charge in [0.25, 0.3) is 5.22 Å². The van der Waals surface area contributed by atoms with Gasteiger partial charge >= 0.3 is 0 Å². The predicted octanol–water partition coefficient (Wildman–Crippen LogP) is 3.89. The van der Waals surface area contributed by atoms with Gasteiger partial charge in [0, 0.05) is 18.5 Å². The Bertz CT molecular complexity index is 653. The van der Waals surface area contributed by atoms with Gasteiger partial charge in [-0.1, -0.05) is 18.7 Å². The number of aromatic nitrogens is 2. The van der Waals surface area contributed by atoms with Gasteiger partial charge in [0.05, 0.1) is 5.75 Å². The minimum absolute atomic E-state index is 0.146. The Hall–Kier alpha value is -1.04. The molecule has 1 saturated heterocycles. The van der Waals surface area contributed by atoms with E-state index in [0.29, 0.717) is 16.9 Å². The molecule has 0 N–H and O–H groups in total. The largest absolute Gasteiger partial charge is 0.415 e. The van der Waals surface area contributed by atoms with Crippen LogP contribution in [0.1, 0.15) is 64.2 Å². The molecule has 0 spiro atoms. The average Bonchev–Trinajstić information content (AvgIpc) is 3.08. The third-order valence-corrected chi connectivity index (χ3v) is 8.03. The Balaban J connectivity index is 1.23. The minimum Gasteiger partial charge on any atom is -0.415 e. The molecule has 1 aromatic rings. The number of rotatable bonds is 4. The van der Waals surface area contributed by atoms with Gasteiger partial charge in [-0.05, 0) is 75.0 Å². The van der Waals surface area contributed by atoms with Crippen LogP contribution in [0, 0.1) is 23.7 Å². The first-order chi connectivity index (χ1) is 12.6. The molecule has 5 fully saturated rings. The Morgan fingerprint density at radius 3 is 2.54 bits per heavy atom. The van der Waals surface area contributed by atoms with E-state index in [1.165, 1.54) is 56.7 Å². The zero-order valence-corrected chi connectivity index (χ0v) is 16.5. The highest BCUT2D eigenvalue weighted by Crippen LogP contribution is 2.60. The molecule has 0 unspecified atom stereocenters. The Morgan fingerprint density at radius 1 is 1.19 bits per heavy atom. The highest BCUT2D eigenvalue weighted by atomic mass is 32.2. The molecule has 4 bridgehead atoms. The summed E-state index contributed by atoms with van der Waals surface area (Å²) in [6.45, 7) is 4.01. The van der Waals surface area contributed by atoms with Gasteiger partial charge in [-0.2, -0.15) is 0 Å². The molecule has 0 radical (unpaired) electrons. The van der Waals surface area contributed by atoms with E-state index in [4.69, 9.17) is 4.42 Å². The van der Waals surface area contributed by atoms with E-state index in [9.17, 15) is 4.79 Å². The van der Waals surface area contributed by atoms with Gasteiger partial charge in [0.1, 0.15) is 0 Å². The molecule has 1 aromatic heterocycles. The smallest absolute Gasteiger partial charge is 0.277 e. The summed E-state index contributed by atoms with van der Waals surface area (Å²) < 4.78 is 6.10. The topological polar surface area (TPSA) is 59.2 Å². The predicted molar refractivity (Wildman–Crippen MR) is 99.9 cm³/mol. The summed E-state index contributed by atoms with van der Waals surface area (Å²) in [7, 11) is 0. The van der Waals surface area contributed by atoms with E-state index >= 15 is 0 Å². The van der Waals surface area contributed by atoms with Crippen LogP contribution >= 0.6 is 11.8 Å². The molecule has 142 valence electrons. The molecular formula is C20H29N3O2S. The summed E-state index contributed by atoms with van der Waals surface area (Å²) in [5.74, 6) is 4.69. The summed E-state index contributed by atoms with van der Waals surface area (Å²) in [6.07, 6.45) is 10.3. The second-order valence-electron chi connectivity index (χ2n) is 9.45. The van der Waals surface area contributed by atoms with E-state index in [0.717, 1.165) is 43.2 Å². The fraction of sp³-hybridized carbons (Fsp3) is 0.850. The molecule has 2 heterocycles. The van der Waals surface area contributed by atoms with E-state index in [1.807, 2.05) is 4.90 Å². The van der Waals surface area contributed by atoms with Gasteiger partial charge < -0.3 is 9.32 Å². The maximum Gasteiger partial charge on any atom is 0.277 e. The van der Waals surface area contributed by atoms with Crippen LogP contribution in [-0.4, -0.2) is 39.8 Å². The maximum absolute atomic E-state index is 12.5. The lowest BCUT2D eigenvalue weighted by Gasteiger charge is -2.55. The van der Waals surface area contributed by atoms with Crippen molar-refractivity contribution < 1.29 is 9.21 Å². The first kappa shape index (κ1) is 17.1. The van der Waals surface area contributed by atoms with Gasteiger partial charge in [0.2, 0.25) is 11.8 Å². The van der Waals surface area contributed by atoms with Crippen molar-refractivity contribution in [3.8, 4) is 0 Å². The molecule has 4 saturated carbocycles. The fourth-order valence-corrected chi connectivity index (χ4v) is 7.15. The quantitative estimate of drug-likeness (QED) is 0.747. The van der Waals surface area contributed by atoms with Crippen LogP contribution in [0.5, 0.6) is 0 Å². The van der Waals surface area contributed by atoms with Crippen molar-refractivity contribution in [1.29, 1.82) is 0 Å². The third-order valence-electron chi connectivity index (χ3n) is 7.23. The van der Waals surface area contributed by atoms with E-state index < -0.39 is 0 Å². The van der Waals surface area contributed by atoms with Crippen LogP contribution < -0.4 is 0 Å². The van der Waals surface area contributed by atoms with Gasteiger partial charge in [-0.15, -0.1) is 10.2 Å². The summed E-state index contributed by atoms with van der Waals surface area (Å²) in [4.78, 5) is 14.5. The number of carbonyl (C=O) groups is 1. The number of hydrogen-bond acceptors (Lipinski definition) is 5. The average molecular weight is 376 g/mol. The molecule has 6 heteroatoms. The van der Waals surface area contributed by atoms with Crippen LogP contribution in [0.2, 0.25) is 0 Å². The Labute approximate surface area is 159 Å². The molecule has 26 heavy (non-hydrogen) atoms. The summed E-state index contributed by atoms with van der Waals surface area (Å²) in [5.41, 5.74) is 0.146. The lowest BCUT2D eigenvalue weighted by atomic mass is 9.49. The standard InChI is InChI=1S/C20H29N3O2S/c1-13-3-2-4-23(11-13)17(24)12-26-19-22-21-18(25-19)20-8-14-5-15(9-20)7-16(6-14)10-20/h13-16H,2-12H2,1H3/t13-,14?,15?,16?,20?/m0/s1. The van der Waals surface area contributed by atoms with E-state index in [1.54, 1.807) is 0 Å². The number of nitrogens with zero attached hydrogens (tertiary/aromatic N) is 3. The first-order valence-corrected chi connectivity index (χ1v) is 11.3. The SMILES string of the molecule is C[C@H]1CCCN(C(=O)CSc2nnc(C34CC5CC(CC(C5)C3)C4)o2)C1. The van der Waals surface area contributed by atoms with Crippen molar-refractivity contribution in [1.82, 2.24) is 15.1 Å². The molecule has 6 rings (SSSR count). The van der Waals surface area contributed by atoms with E-state index in [2.05, 4.69) is 17.1 Å². The lowest BCUT2D eigenvalue weighted by molar-refractivity contribution is -0.130. The number of likely N-dealkylation sites (tertiary alicyclic amines) is 1. The molecule has 5 nitrogen and oxygen atoms in total. The summed E-state index contributed by atoms with van der Waals surface area (Å²) in [5, 5.41) is 9.31. The first-order valence-electron chi connectivity index (χ1n) is 10.3. The van der Waals surface area contributed by atoms with Crippen molar-refractivity contribution in [3.63, 3.8) is 0 Å². The van der Waals surface area contributed by atoms with Crippen molar-refractivity contribution in [2.45, 2.75) is 68.9 Å². The van der Waals surface area contributed by atoms with E-state index in [-0.39, 0.29) is 11.3 Å². The monoisotopic (exact) mass is 375 g/mol. The van der Waals surface area contributed by atoms with Crippen molar-refractivity contribution >= 4 is 17.7 Å². The lowest BCUT2D eigenvalue weighted by Crippen LogP contribution is -2.48. The highest BCUT2D eigenvalue weighted by molar-refractivity contribution is 7.99. The van der Waals surface area contributed by atoms with Crippen LogP contribution in [0.3, 0.4) is 0 Å². The number of amides is 1. The Morgan fingerprint density at radius 2 is 1.88 bits per heavy atom. The summed E-state index contributed by atoms with van der Waals surface area (Å²) in [6, 6.07) is 0. The maximum atomic E-state index is 12.5. The highest BCUT2D eigenvalue weighted by Gasteiger charge is 2.54. The van der Waals surface area contributed by atoms with Crippen LogP contribution in [0.15, 0.2) is 9.64 Å². The minimum atomic E-state index is 0.146. The molecule has 1 amide bonds. The molecule has 1 aliphatic heterocycles. The van der Waals surface area contributed by atoms with Crippen molar-refractivity contribution in [3.05, 3.63) is 5.89 Å². The van der Waals surface area contributed by atoms with Gasteiger partial charge in [-0.25, -0.2) is 0 Å². The zero-order valence-electron chi connectivity index (χ0n) is 15.7. The van der Waals surface area contributed by atoms with Crippen LogP contribution in [0.4, 0.5) is 0 Å². The van der Waals surface area contributed by atoms with Crippen LogP contribution in [-0.2, 0) is 10.2 Å². The van der Waals surface area contributed by atoms with Crippen LogP contribution in [0.25, 0.3) is 0 Å². The molecule has 1 atom stereocenters. The third kappa shape index (κ3) is 3.08. The number of hydrogen-bond donors (Lipinski definition) is 0. The number of carbonyl (C=O) groups excluding carboxylic acids is 1. The van der Waals surface area contributed by atoms with Gasteiger partial charge in [-0.3, -0.25) is 4.79 Å². The van der Waals surface area contributed by atoms with Crippen molar-refractivity contribution in [2.75, 3.05) is 18.8 Å². The fourth-order valence-electron chi connectivity index (χ4n) is 6.49. The molecule has 0 aromatic carbocycles. The molecule has 4 aliphatic carbocycles. The van der Waals surface area contributed by atoms with Gasteiger partial charge in [0.15, 0.2) is 0 Å². The second-order valence-corrected chi connectivity index (χ2v) is 10.4. The second kappa shape index (κ2) is 6.54. The molecule has 5 aliphatic rings. The number of thioether (sulfide) groups is 1. The number of piperidine rings is 1.